The lowest BCUT2D eigenvalue weighted by molar-refractivity contribution is 0.0220. The Morgan fingerprint density at radius 2 is 2.06 bits per heavy atom. The van der Waals surface area contributed by atoms with Gasteiger partial charge in [-0.25, -0.2) is 0 Å². The standard InChI is InChI=1S/C13H19NO2Si/c1-17(2,3)8-7-15-11-16-13-6-4-5-12(9-13)10-14/h4-6,9H,7-8,11H2,1-3H3. The highest BCUT2D eigenvalue weighted by molar-refractivity contribution is 6.76. The maximum atomic E-state index is 8.73. The average Bonchev–Trinajstić information content (AvgIpc) is 2.27. The molecule has 0 aliphatic rings. The van der Waals surface area contributed by atoms with Crippen LogP contribution in [0.1, 0.15) is 5.56 Å². The van der Waals surface area contributed by atoms with E-state index >= 15 is 0 Å². The molecule has 3 nitrogen and oxygen atoms in total. The molecule has 0 bridgehead atoms. The lowest BCUT2D eigenvalue weighted by Gasteiger charge is -2.15. The van der Waals surface area contributed by atoms with Gasteiger partial charge < -0.3 is 9.47 Å². The number of hydrogen-bond donors (Lipinski definition) is 0. The molecule has 0 atom stereocenters. The molecule has 0 N–H and O–H groups in total. The molecule has 0 saturated carbocycles. The summed E-state index contributed by atoms with van der Waals surface area (Å²) in [6.45, 7) is 7.93. The van der Waals surface area contributed by atoms with Crippen LogP contribution >= 0.6 is 0 Å². The summed E-state index contributed by atoms with van der Waals surface area (Å²) >= 11 is 0. The summed E-state index contributed by atoms with van der Waals surface area (Å²) in [4.78, 5) is 0. The third kappa shape index (κ3) is 6.10. The van der Waals surface area contributed by atoms with Crippen LogP contribution in [-0.2, 0) is 4.74 Å². The van der Waals surface area contributed by atoms with Crippen molar-refractivity contribution in [2.24, 2.45) is 0 Å². The third-order valence-corrected chi connectivity index (χ3v) is 3.97. The second-order valence-electron chi connectivity index (χ2n) is 5.12. The number of benzene rings is 1. The average molecular weight is 249 g/mol. The summed E-state index contributed by atoms with van der Waals surface area (Å²) in [5, 5.41) is 8.73. The fourth-order valence-corrected chi connectivity index (χ4v) is 1.96. The SMILES string of the molecule is C[Si](C)(C)CCOCOc1cccc(C#N)c1. The highest BCUT2D eigenvalue weighted by Gasteiger charge is 2.11. The Labute approximate surface area is 104 Å². The maximum Gasteiger partial charge on any atom is 0.189 e. The fraction of sp³-hybridized carbons (Fsp3) is 0.462. The van der Waals surface area contributed by atoms with Gasteiger partial charge in [0, 0.05) is 14.7 Å². The zero-order valence-electron chi connectivity index (χ0n) is 10.7. The summed E-state index contributed by atoms with van der Waals surface area (Å²) in [5.74, 6) is 0.678. The minimum absolute atomic E-state index is 0.249. The number of hydrogen-bond acceptors (Lipinski definition) is 3. The molecule has 0 radical (unpaired) electrons. The van der Waals surface area contributed by atoms with Gasteiger partial charge in [0.05, 0.1) is 11.6 Å². The molecule has 4 heteroatoms. The lowest BCUT2D eigenvalue weighted by atomic mass is 10.2. The second kappa shape index (κ2) is 6.43. The normalized spacial score (nSPS) is 10.9. The zero-order valence-corrected chi connectivity index (χ0v) is 11.7. The molecule has 17 heavy (non-hydrogen) atoms. The van der Waals surface area contributed by atoms with Crippen LogP contribution in [0.4, 0.5) is 0 Å². The molecule has 0 fully saturated rings. The van der Waals surface area contributed by atoms with Crippen LogP contribution in [0.3, 0.4) is 0 Å². The van der Waals surface area contributed by atoms with Crippen molar-refractivity contribution in [3.05, 3.63) is 29.8 Å². The van der Waals surface area contributed by atoms with Crippen LogP contribution in [0.2, 0.25) is 25.7 Å². The van der Waals surface area contributed by atoms with Crippen molar-refractivity contribution in [3.63, 3.8) is 0 Å². The first kappa shape index (κ1) is 13.8. The Bertz CT molecular complexity index is 393. The van der Waals surface area contributed by atoms with Gasteiger partial charge >= 0.3 is 0 Å². The molecule has 0 amide bonds. The first-order valence-electron chi connectivity index (χ1n) is 5.72. The second-order valence-corrected chi connectivity index (χ2v) is 10.7. The summed E-state index contributed by atoms with van der Waals surface area (Å²) in [6, 6.07) is 10.3. The van der Waals surface area contributed by atoms with Crippen LogP contribution in [-0.4, -0.2) is 21.5 Å². The van der Waals surface area contributed by atoms with Gasteiger partial charge in [0.2, 0.25) is 0 Å². The van der Waals surface area contributed by atoms with E-state index in [1.165, 1.54) is 0 Å². The lowest BCUT2D eigenvalue weighted by Crippen LogP contribution is -2.22. The summed E-state index contributed by atoms with van der Waals surface area (Å²) in [7, 11) is -1.02. The van der Waals surface area contributed by atoms with Crippen molar-refractivity contribution in [1.29, 1.82) is 5.26 Å². The van der Waals surface area contributed by atoms with E-state index in [0.29, 0.717) is 11.3 Å². The molecular formula is C13H19NO2Si. The fourth-order valence-electron chi connectivity index (χ4n) is 1.20. The molecule has 92 valence electrons. The molecule has 1 aromatic rings. The maximum absolute atomic E-state index is 8.73. The van der Waals surface area contributed by atoms with E-state index in [0.717, 1.165) is 12.7 Å². The van der Waals surface area contributed by atoms with Crippen molar-refractivity contribution >= 4 is 8.07 Å². The Morgan fingerprint density at radius 3 is 2.71 bits per heavy atom. The van der Waals surface area contributed by atoms with E-state index in [1.54, 1.807) is 18.2 Å². The van der Waals surface area contributed by atoms with Crippen molar-refractivity contribution in [2.75, 3.05) is 13.4 Å². The van der Waals surface area contributed by atoms with E-state index in [2.05, 4.69) is 25.7 Å². The van der Waals surface area contributed by atoms with Gasteiger partial charge in [0.25, 0.3) is 0 Å². The van der Waals surface area contributed by atoms with E-state index in [4.69, 9.17) is 14.7 Å². The Kier molecular flexibility index (Phi) is 5.20. The van der Waals surface area contributed by atoms with E-state index in [-0.39, 0.29) is 6.79 Å². The van der Waals surface area contributed by atoms with Crippen LogP contribution in [0.15, 0.2) is 24.3 Å². The Morgan fingerprint density at radius 1 is 1.29 bits per heavy atom. The predicted molar refractivity (Wildman–Crippen MR) is 70.8 cm³/mol. The van der Waals surface area contributed by atoms with Crippen molar-refractivity contribution in [3.8, 4) is 11.8 Å². The van der Waals surface area contributed by atoms with E-state index in [1.807, 2.05) is 6.07 Å². The van der Waals surface area contributed by atoms with Crippen molar-refractivity contribution in [1.82, 2.24) is 0 Å². The number of nitrogens with zero attached hydrogens (tertiary/aromatic N) is 1. The summed E-state index contributed by atoms with van der Waals surface area (Å²) in [6.07, 6.45) is 0. The minimum Gasteiger partial charge on any atom is -0.468 e. The molecule has 0 aliphatic heterocycles. The summed E-state index contributed by atoms with van der Waals surface area (Å²) < 4.78 is 10.8. The minimum atomic E-state index is -1.02. The number of nitriles is 1. The first-order valence-corrected chi connectivity index (χ1v) is 9.43. The van der Waals surface area contributed by atoms with Gasteiger partial charge in [-0.2, -0.15) is 5.26 Å². The van der Waals surface area contributed by atoms with E-state index < -0.39 is 8.07 Å². The topological polar surface area (TPSA) is 42.2 Å². The number of ether oxygens (including phenoxy) is 2. The van der Waals surface area contributed by atoms with Gasteiger partial charge in [-0.05, 0) is 24.2 Å². The van der Waals surface area contributed by atoms with Crippen LogP contribution in [0.5, 0.6) is 5.75 Å². The van der Waals surface area contributed by atoms with Gasteiger partial charge in [-0.1, -0.05) is 25.7 Å². The molecule has 1 aromatic carbocycles. The molecule has 0 aliphatic carbocycles. The monoisotopic (exact) mass is 249 g/mol. The molecule has 0 saturated heterocycles. The van der Waals surface area contributed by atoms with Crippen molar-refractivity contribution < 1.29 is 9.47 Å². The Balaban J connectivity index is 2.25. The van der Waals surface area contributed by atoms with Crippen LogP contribution in [0, 0.1) is 11.3 Å². The predicted octanol–water partition coefficient (Wildman–Crippen LogP) is 3.25. The smallest absolute Gasteiger partial charge is 0.189 e. The quantitative estimate of drug-likeness (QED) is 0.441. The Hall–Kier alpha value is -1.31. The highest BCUT2D eigenvalue weighted by Crippen LogP contribution is 2.13. The molecule has 0 unspecified atom stereocenters. The van der Waals surface area contributed by atoms with Crippen molar-refractivity contribution in [2.45, 2.75) is 25.7 Å². The zero-order chi connectivity index (χ0) is 12.7. The molecule has 0 aromatic heterocycles. The van der Waals surface area contributed by atoms with Crippen LogP contribution in [0.25, 0.3) is 0 Å². The molecular weight excluding hydrogens is 230 g/mol. The van der Waals surface area contributed by atoms with Gasteiger partial charge in [-0.15, -0.1) is 0 Å². The van der Waals surface area contributed by atoms with Gasteiger partial charge in [0.1, 0.15) is 5.75 Å². The van der Waals surface area contributed by atoms with Gasteiger partial charge in [-0.3, -0.25) is 0 Å². The van der Waals surface area contributed by atoms with Crippen LogP contribution < -0.4 is 4.74 Å². The highest BCUT2D eigenvalue weighted by atomic mass is 28.3. The third-order valence-electron chi connectivity index (χ3n) is 2.27. The molecule has 0 spiro atoms. The molecule has 0 heterocycles. The largest absolute Gasteiger partial charge is 0.468 e. The van der Waals surface area contributed by atoms with E-state index in [9.17, 15) is 0 Å². The summed E-state index contributed by atoms with van der Waals surface area (Å²) in [5.41, 5.74) is 0.601. The van der Waals surface area contributed by atoms with Gasteiger partial charge in [0.15, 0.2) is 6.79 Å². The number of rotatable bonds is 6. The first-order chi connectivity index (χ1) is 8.01. The molecule has 1 rings (SSSR count).